The number of unbranched alkanes of at least 4 members (excludes halogenated alkanes) is 11. The number of phosphoric acid groups is 1. The number of carbonyl (C=O) groups is 1. The van der Waals surface area contributed by atoms with Gasteiger partial charge in [0.2, 0.25) is 0 Å². The number of Topliss-reactive ketones (excluding diaryl/α,β-unsaturated/α-hetero) is 1. The predicted molar refractivity (Wildman–Crippen MR) is 187 cm³/mol. The number of methoxy groups -OCH3 is 1. The molecule has 0 aromatic heterocycles. The van der Waals surface area contributed by atoms with E-state index < -0.39 is 13.9 Å². The van der Waals surface area contributed by atoms with Gasteiger partial charge in [-0.25, -0.2) is 0 Å². The van der Waals surface area contributed by atoms with Gasteiger partial charge in [-0.15, -0.1) is 0 Å². The molecule has 0 bridgehead atoms. The zero-order valence-electron chi connectivity index (χ0n) is 29.7. The van der Waals surface area contributed by atoms with Crippen LogP contribution in [-0.2, 0) is 18.3 Å². The van der Waals surface area contributed by atoms with Crippen molar-refractivity contribution in [1.29, 1.82) is 0 Å². The quantitative estimate of drug-likeness (QED) is 0.0435. The summed E-state index contributed by atoms with van der Waals surface area (Å²) >= 11 is 0. The molecule has 1 unspecified atom stereocenters. The first-order valence-electron chi connectivity index (χ1n) is 17.2. The summed E-state index contributed by atoms with van der Waals surface area (Å²) in [5.41, 5.74) is 1.61. The van der Waals surface area contributed by atoms with Crippen LogP contribution in [0.5, 0.6) is 5.75 Å². The predicted octanol–water partition coefficient (Wildman–Crippen LogP) is 7.78. The molecule has 0 fully saturated rings. The van der Waals surface area contributed by atoms with Crippen LogP contribution in [0.3, 0.4) is 0 Å². The maximum Gasteiger partial charge on any atom is 0.268 e. The fourth-order valence-corrected chi connectivity index (χ4v) is 5.87. The van der Waals surface area contributed by atoms with E-state index in [1.54, 1.807) is 6.07 Å². The maximum atomic E-state index is 13.3. The normalized spacial score (nSPS) is 13.9. The van der Waals surface area contributed by atoms with E-state index >= 15 is 0 Å². The van der Waals surface area contributed by atoms with Gasteiger partial charge in [0, 0.05) is 44.3 Å². The van der Waals surface area contributed by atoms with E-state index in [-0.39, 0.29) is 25.6 Å². The van der Waals surface area contributed by atoms with Crippen molar-refractivity contribution in [3.63, 3.8) is 0 Å². The van der Waals surface area contributed by atoms with Crippen LogP contribution in [0.15, 0.2) is 30.3 Å². The van der Waals surface area contributed by atoms with E-state index in [1.165, 1.54) is 71.3 Å². The summed E-state index contributed by atoms with van der Waals surface area (Å²) in [5.74, 6) is 0.645. The summed E-state index contributed by atoms with van der Waals surface area (Å²) in [5, 5.41) is 1.77. The maximum absolute atomic E-state index is 13.3. The molecule has 10 heteroatoms. The topological polar surface area (TPSA) is 97.4 Å². The number of ketones is 1. The average Bonchev–Trinajstić information content (AvgIpc) is 3.00. The van der Waals surface area contributed by atoms with Gasteiger partial charge in [-0.05, 0) is 36.1 Å². The number of nitrogens with zero attached hydrogens (tertiary/aromatic N) is 2. The molecular weight excluding hydrogens is 603 g/mol. The number of rotatable bonds is 26. The molecule has 2 rings (SSSR count). The van der Waals surface area contributed by atoms with Crippen LogP contribution in [0.2, 0.25) is 0 Å². The van der Waals surface area contributed by atoms with Crippen LogP contribution in [0, 0.1) is 0 Å². The van der Waals surface area contributed by atoms with Crippen LogP contribution in [-0.4, -0.2) is 85.1 Å². The number of carbonyl (C=O) groups excluding carboxylic acids is 1. The molecule has 2 aromatic carbocycles. The van der Waals surface area contributed by atoms with E-state index in [1.807, 2.05) is 64.4 Å². The number of ether oxygens (including phenoxy) is 2. The molecular formula is C36H61N2O7P. The molecule has 9 nitrogen and oxygen atoms in total. The van der Waals surface area contributed by atoms with Crippen molar-refractivity contribution in [2.45, 2.75) is 96.5 Å². The Bertz CT molecular complexity index is 1210. The highest BCUT2D eigenvalue weighted by atomic mass is 31.2. The fourth-order valence-electron chi connectivity index (χ4n) is 5.15. The van der Waals surface area contributed by atoms with Crippen LogP contribution in [0.1, 0.15) is 101 Å². The first-order valence-corrected chi connectivity index (χ1v) is 18.7. The lowest BCUT2D eigenvalue weighted by Crippen LogP contribution is -2.37. The minimum atomic E-state index is -4.49. The third kappa shape index (κ3) is 16.2. The number of anilines is 1. The van der Waals surface area contributed by atoms with Crippen molar-refractivity contribution >= 4 is 30.1 Å². The number of benzene rings is 2. The van der Waals surface area contributed by atoms with Gasteiger partial charge in [-0.2, -0.15) is 0 Å². The van der Waals surface area contributed by atoms with E-state index in [0.29, 0.717) is 28.8 Å². The van der Waals surface area contributed by atoms with Gasteiger partial charge < -0.3 is 32.8 Å². The van der Waals surface area contributed by atoms with E-state index in [9.17, 15) is 14.3 Å². The van der Waals surface area contributed by atoms with Gasteiger partial charge in [-0.3, -0.25) is 9.36 Å². The Morgan fingerprint density at radius 2 is 1.48 bits per heavy atom. The Morgan fingerprint density at radius 3 is 2.04 bits per heavy atom. The minimum absolute atomic E-state index is 0.0265. The van der Waals surface area contributed by atoms with Crippen LogP contribution < -0.4 is 14.5 Å². The third-order valence-corrected chi connectivity index (χ3v) is 9.15. The van der Waals surface area contributed by atoms with Crippen molar-refractivity contribution in [1.82, 2.24) is 0 Å². The number of likely N-dealkylation sites (N-methyl/N-ethyl adjacent to an activating group) is 1. The standard InChI is InChI=1S/C36H61N2O7P/c1-8-9-10-11-12-13-14-15-16-17-18-19-20-35(39)31-25-30-21-22-32(37(2)3)27-34(30)36(26-31)43-28-33(42-7)29-45-46(40,41)44-24-23-38(4,5)6/h21-22,25-27,33H,8-20,23-24,28-29H2,1-7H3/t33-/m1/s1. The van der Waals surface area contributed by atoms with Crippen molar-refractivity contribution in [3.05, 3.63) is 35.9 Å². The molecule has 0 N–H and O–H groups in total. The van der Waals surface area contributed by atoms with Gasteiger partial charge in [0.1, 0.15) is 31.6 Å². The highest BCUT2D eigenvalue weighted by Gasteiger charge is 2.19. The second-order valence-electron chi connectivity index (χ2n) is 13.6. The minimum Gasteiger partial charge on any atom is -0.756 e. The Balaban J connectivity index is 1.95. The molecule has 0 aliphatic heterocycles. The molecule has 0 heterocycles. The number of hydrogen-bond donors (Lipinski definition) is 0. The molecule has 0 spiro atoms. The molecule has 0 saturated carbocycles. The Kier molecular flexibility index (Phi) is 18.4. The zero-order chi connectivity index (χ0) is 34.0. The molecule has 262 valence electrons. The summed E-state index contributed by atoms with van der Waals surface area (Å²) in [6.07, 6.45) is 14.9. The lowest BCUT2D eigenvalue weighted by molar-refractivity contribution is -0.870. The van der Waals surface area contributed by atoms with Crippen molar-refractivity contribution in [2.75, 3.05) is 73.6 Å². The Hall–Kier alpha value is -2.00. The SMILES string of the molecule is CCCCCCCCCCCCCCC(=O)c1cc(OC[C@H](COP(=O)([O-])OCC[N+](C)(C)C)OC)c2cc(N(C)C)ccc2c1. The molecule has 46 heavy (non-hydrogen) atoms. The first-order chi connectivity index (χ1) is 21.8. The third-order valence-electron chi connectivity index (χ3n) is 8.18. The first kappa shape index (κ1) is 40.2. The van der Waals surface area contributed by atoms with Crippen LogP contribution >= 0.6 is 7.82 Å². The number of quaternary nitrogens is 1. The highest BCUT2D eigenvalue weighted by molar-refractivity contribution is 7.45. The second-order valence-corrected chi connectivity index (χ2v) is 15.0. The summed E-state index contributed by atoms with van der Waals surface area (Å²) in [4.78, 5) is 27.5. The van der Waals surface area contributed by atoms with Gasteiger partial charge in [0.05, 0.1) is 27.7 Å². The molecule has 0 saturated heterocycles. The van der Waals surface area contributed by atoms with Crippen molar-refractivity contribution in [3.8, 4) is 5.75 Å². The highest BCUT2D eigenvalue weighted by Crippen LogP contribution is 2.38. The van der Waals surface area contributed by atoms with Crippen LogP contribution in [0.25, 0.3) is 10.8 Å². The van der Waals surface area contributed by atoms with E-state index in [2.05, 4.69) is 6.92 Å². The molecule has 0 amide bonds. The molecule has 0 aliphatic carbocycles. The lowest BCUT2D eigenvalue weighted by Gasteiger charge is -2.28. The second kappa shape index (κ2) is 21.1. The lowest BCUT2D eigenvalue weighted by atomic mass is 9.99. The molecule has 0 aliphatic rings. The Labute approximate surface area is 278 Å². The van der Waals surface area contributed by atoms with Crippen molar-refractivity contribution < 1.29 is 37.3 Å². The average molecular weight is 665 g/mol. The van der Waals surface area contributed by atoms with Gasteiger partial charge in [0.15, 0.2) is 5.78 Å². The van der Waals surface area contributed by atoms with Gasteiger partial charge in [0.25, 0.3) is 7.82 Å². The van der Waals surface area contributed by atoms with Crippen LogP contribution in [0.4, 0.5) is 5.69 Å². The van der Waals surface area contributed by atoms with Crippen molar-refractivity contribution in [2.24, 2.45) is 0 Å². The van der Waals surface area contributed by atoms with E-state index in [4.69, 9.17) is 18.5 Å². The molecule has 0 radical (unpaired) electrons. The summed E-state index contributed by atoms with van der Waals surface area (Å²) in [6, 6.07) is 9.77. The molecule has 2 atom stereocenters. The number of fused-ring (bicyclic) bond motifs is 1. The summed E-state index contributed by atoms with van der Waals surface area (Å²) in [6.45, 7) is 2.58. The Morgan fingerprint density at radius 1 is 0.870 bits per heavy atom. The number of hydrogen-bond acceptors (Lipinski definition) is 8. The molecule has 2 aromatic rings. The largest absolute Gasteiger partial charge is 0.756 e. The van der Waals surface area contributed by atoms with Gasteiger partial charge in [-0.1, -0.05) is 83.6 Å². The zero-order valence-corrected chi connectivity index (χ0v) is 30.6. The summed E-state index contributed by atoms with van der Waals surface area (Å²) in [7, 11) is 6.77. The number of phosphoric ester groups is 1. The summed E-state index contributed by atoms with van der Waals surface area (Å²) < 4.78 is 34.6. The fraction of sp³-hybridized carbons (Fsp3) is 0.694. The smallest absolute Gasteiger partial charge is 0.268 e. The van der Waals surface area contributed by atoms with Gasteiger partial charge >= 0.3 is 0 Å². The monoisotopic (exact) mass is 664 g/mol. The van der Waals surface area contributed by atoms with E-state index in [0.717, 1.165) is 29.3 Å².